The monoisotopic (exact) mass is 492 g/mol. The van der Waals surface area contributed by atoms with Crippen LogP contribution in [-0.2, 0) is 17.9 Å². The molecule has 160 valence electrons. The van der Waals surface area contributed by atoms with Gasteiger partial charge in [0.15, 0.2) is 11.0 Å². The number of carbonyl (C=O) groups is 1. The van der Waals surface area contributed by atoms with Crippen molar-refractivity contribution in [3.8, 4) is 11.4 Å². The highest BCUT2D eigenvalue weighted by molar-refractivity contribution is 7.99. The maximum Gasteiger partial charge on any atom is 0.233 e. The predicted octanol–water partition coefficient (Wildman–Crippen LogP) is 5.71. The lowest BCUT2D eigenvalue weighted by Crippen LogP contribution is -2.27. The third kappa shape index (κ3) is 5.51. The molecule has 6 nitrogen and oxygen atoms in total. The molecule has 10 heteroatoms. The number of nitrogens with zero attached hydrogens (tertiary/aromatic N) is 4. The van der Waals surface area contributed by atoms with Gasteiger partial charge in [-0.3, -0.25) is 9.36 Å². The normalized spacial score (nSPS) is 11.1. The molecular formula is C21H18Cl2N4O2S2. The minimum absolute atomic E-state index is 0.00452. The molecule has 0 spiro atoms. The number of aromatic nitrogens is 3. The highest BCUT2D eigenvalue weighted by Crippen LogP contribution is 2.27. The zero-order chi connectivity index (χ0) is 21.8. The van der Waals surface area contributed by atoms with Gasteiger partial charge in [0.2, 0.25) is 5.91 Å². The lowest BCUT2D eigenvalue weighted by molar-refractivity contribution is -0.127. The van der Waals surface area contributed by atoms with Crippen LogP contribution in [0.3, 0.4) is 0 Å². The Kier molecular flexibility index (Phi) is 7.02. The molecule has 0 fully saturated rings. The van der Waals surface area contributed by atoms with Gasteiger partial charge in [-0.2, -0.15) is 0 Å². The Hall–Kier alpha value is -2.26. The summed E-state index contributed by atoms with van der Waals surface area (Å²) in [5, 5.41) is 9.98. The minimum atomic E-state index is -0.00452. The van der Waals surface area contributed by atoms with Gasteiger partial charge in [-0.15, -0.1) is 21.5 Å². The predicted molar refractivity (Wildman–Crippen MR) is 125 cm³/mol. The Morgan fingerprint density at radius 2 is 1.97 bits per heavy atom. The number of benzene rings is 1. The van der Waals surface area contributed by atoms with Gasteiger partial charge in [0, 0.05) is 22.5 Å². The van der Waals surface area contributed by atoms with E-state index in [2.05, 4.69) is 10.2 Å². The molecule has 0 N–H and O–H groups in total. The first-order valence-electron chi connectivity index (χ1n) is 9.32. The van der Waals surface area contributed by atoms with E-state index in [1.54, 1.807) is 18.2 Å². The van der Waals surface area contributed by atoms with Gasteiger partial charge in [-0.25, -0.2) is 0 Å². The van der Waals surface area contributed by atoms with E-state index in [0.717, 1.165) is 16.2 Å². The summed E-state index contributed by atoms with van der Waals surface area (Å²) in [6.45, 7) is 0.976. The summed E-state index contributed by atoms with van der Waals surface area (Å²) in [5.41, 5.74) is 0.883. The average Bonchev–Trinajstić information content (AvgIpc) is 3.50. The molecule has 31 heavy (non-hydrogen) atoms. The van der Waals surface area contributed by atoms with E-state index >= 15 is 0 Å². The molecule has 0 bridgehead atoms. The van der Waals surface area contributed by atoms with Gasteiger partial charge >= 0.3 is 0 Å². The summed E-state index contributed by atoms with van der Waals surface area (Å²) in [5.74, 6) is 1.70. The highest BCUT2D eigenvalue weighted by Gasteiger charge is 2.18. The van der Waals surface area contributed by atoms with Crippen LogP contribution < -0.4 is 0 Å². The summed E-state index contributed by atoms with van der Waals surface area (Å²) >= 11 is 14.8. The van der Waals surface area contributed by atoms with E-state index in [0.29, 0.717) is 33.4 Å². The van der Waals surface area contributed by atoms with Crippen LogP contribution in [-0.4, -0.2) is 38.4 Å². The maximum absolute atomic E-state index is 12.7. The number of hydrogen-bond acceptors (Lipinski definition) is 6. The van der Waals surface area contributed by atoms with Gasteiger partial charge in [-0.05, 0) is 48.5 Å². The van der Waals surface area contributed by atoms with Crippen LogP contribution in [0.1, 0.15) is 10.6 Å². The fraction of sp³-hybridized carbons (Fsp3) is 0.190. The largest absolute Gasteiger partial charge is 0.467 e. The highest BCUT2D eigenvalue weighted by atomic mass is 35.5. The first-order chi connectivity index (χ1) is 15.0. The van der Waals surface area contributed by atoms with Crippen molar-refractivity contribution in [2.45, 2.75) is 18.2 Å². The molecular weight excluding hydrogens is 475 g/mol. The van der Waals surface area contributed by atoms with Crippen molar-refractivity contribution in [2.24, 2.45) is 0 Å². The molecule has 0 aliphatic rings. The first-order valence-corrected chi connectivity index (χ1v) is 11.9. The number of rotatable bonds is 8. The number of carbonyl (C=O) groups excluding carboxylic acids is 1. The number of amides is 1. The van der Waals surface area contributed by atoms with E-state index in [1.165, 1.54) is 23.1 Å². The second-order valence-corrected chi connectivity index (χ2v) is 9.90. The molecule has 0 aliphatic carbocycles. The number of furan rings is 1. The van der Waals surface area contributed by atoms with Gasteiger partial charge in [0.1, 0.15) is 5.76 Å². The van der Waals surface area contributed by atoms with E-state index in [9.17, 15) is 4.79 Å². The average molecular weight is 493 g/mol. The van der Waals surface area contributed by atoms with Gasteiger partial charge < -0.3 is 9.32 Å². The van der Waals surface area contributed by atoms with Crippen molar-refractivity contribution in [1.29, 1.82) is 0 Å². The van der Waals surface area contributed by atoms with Crippen LogP contribution in [0.4, 0.5) is 0 Å². The fourth-order valence-corrected chi connectivity index (χ4v) is 5.05. The van der Waals surface area contributed by atoms with Gasteiger partial charge in [0.25, 0.3) is 0 Å². The van der Waals surface area contributed by atoms with E-state index in [1.807, 2.05) is 53.1 Å². The Morgan fingerprint density at radius 3 is 2.65 bits per heavy atom. The number of halogens is 2. The summed E-state index contributed by atoms with van der Waals surface area (Å²) < 4.78 is 8.17. The van der Waals surface area contributed by atoms with Crippen LogP contribution >= 0.6 is 46.3 Å². The Labute approximate surface area is 197 Å². The first kappa shape index (κ1) is 22.0. The lowest BCUT2D eigenvalue weighted by atomic mass is 10.2. The Balaban J connectivity index is 1.50. The molecule has 4 rings (SSSR count). The zero-order valence-electron chi connectivity index (χ0n) is 16.5. The SMILES string of the molecule is CN(Cc1ccc(Cl)s1)C(=O)CSc1nnc(-c2ccc(Cl)cc2)n1Cc1ccco1. The van der Waals surface area contributed by atoms with Crippen molar-refractivity contribution in [3.05, 3.63) is 74.8 Å². The molecule has 0 unspecified atom stereocenters. The van der Waals surface area contributed by atoms with Crippen LogP contribution in [0.2, 0.25) is 9.36 Å². The van der Waals surface area contributed by atoms with Crippen LogP contribution in [0, 0.1) is 0 Å². The molecule has 1 aromatic carbocycles. The molecule has 3 heterocycles. The van der Waals surface area contributed by atoms with Crippen molar-refractivity contribution < 1.29 is 9.21 Å². The summed E-state index contributed by atoms with van der Waals surface area (Å²) in [4.78, 5) is 15.4. The smallest absolute Gasteiger partial charge is 0.233 e. The third-order valence-electron chi connectivity index (χ3n) is 4.49. The van der Waals surface area contributed by atoms with Gasteiger partial charge in [-0.1, -0.05) is 35.0 Å². The zero-order valence-corrected chi connectivity index (χ0v) is 19.6. The minimum Gasteiger partial charge on any atom is -0.467 e. The quantitative estimate of drug-likeness (QED) is 0.295. The molecule has 1 amide bonds. The third-order valence-corrected chi connectivity index (χ3v) is 6.91. The van der Waals surface area contributed by atoms with Gasteiger partial charge in [0.05, 0.1) is 29.4 Å². The summed E-state index contributed by atoms with van der Waals surface area (Å²) in [6.07, 6.45) is 1.63. The number of hydrogen-bond donors (Lipinski definition) is 0. The standard InChI is InChI=1S/C21H18Cl2N4O2S2/c1-26(12-17-8-9-18(23)31-17)19(28)13-30-21-25-24-20(14-4-6-15(22)7-5-14)27(21)11-16-3-2-10-29-16/h2-10H,11-13H2,1H3. The van der Waals surface area contributed by atoms with Crippen molar-refractivity contribution in [3.63, 3.8) is 0 Å². The summed E-state index contributed by atoms with van der Waals surface area (Å²) in [6, 6.07) is 14.9. The van der Waals surface area contributed by atoms with Crippen molar-refractivity contribution in [1.82, 2.24) is 19.7 Å². The van der Waals surface area contributed by atoms with Crippen LogP contribution in [0.15, 0.2) is 64.4 Å². The van der Waals surface area contributed by atoms with E-state index < -0.39 is 0 Å². The molecule has 0 atom stereocenters. The second-order valence-electron chi connectivity index (χ2n) is 6.72. The lowest BCUT2D eigenvalue weighted by Gasteiger charge is -2.16. The topological polar surface area (TPSA) is 64.2 Å². The molecule has 3 aromatic heterocycles. The van der Waals surface area contributed by atoms with E-state index in [4.69, 9.17) is 27.6 Å². The Morgan fingerprint density at radius 1 is 1.16 bits per heavy atom. The van der Waals surface area contributed by atoms with Crippen LogP contribution in [0.25, 0.3) is 11.4 Å². The molecule has 0 radical (unpaired) electrons. The molecule has 0 saturated carbocycles. The maximum atomic E-state index is 12.7. The number of thiophene rings is 1. The van der Waals surface area contributed by atoms with Crippen molar-refractivity contribution >= 4 is 52.2 Å². The second kappa shape index (κ2) is 9.91. The van der Waals surface area contributed by atoms with Crippen LogP contribution in [0.5, 0.6) is 0 Å². The molecule has 0 saturated heterocycles. The fourth-order valence-electron chi connectivity index (χ4n) is 2.90. The molecule has 4 aromatic rings. The number of thioether (sulfide) groups is 1. The van der Waals surface area contributed by atoms with Crippen molar-refractivity contribution in [2.75, 3.05) is 12.8 Å². The Bertz CT molecular complexity index is 1160. The van der Waals surface area contributed by atoms with E-state index in [-0.39, 0.29) is 11.7 Å². The molecule has 0 aliphatic heterocycles. The summed E-state index contributed by atoms with van der Waals surface area (Å²) in [7, 11) is 1.78.